The third kappa shape index (κ3) is 3.73. The van der Waals surface area contributed by atoms with E-state index in [1.165, 1.54) is 0 Å². The van der Waals surface area contributed by atoms with Crippen LogP contribution in [0.4, 0.5) is 5.82 Å². The number of amides is 1. The van der Waals surface area contributed by atoms with Gasteiger partial charge in [0.05, 0.1) is 0 Å². The number of nitrogens with zero attached hydrogens (tertiary/aromatic N) is 4. The molecule has 128 valence electrons. The highest BCUT2D eigenvalue weighted by atomic mass is 16.3. The van der Waals surface area contributed by atoms with Crippen molar-refractivity contribution in [1.82, 2.24) is 19.9 Å². The van der Waals surface area contributed by atoms with Gasteiger partial charge in [0.1, 0.15) is 23.8 Å². The van der Waals surface area contributed by atoms with E-state index < -0.39 is 5.60 Å². The van der Waals surface area contributed by atoms with Gasteiger partial charge in [-0.3, -0.25) is 4.79 Å². The zero-order chi connectivity index (χ0) is 17.0. The van der Waals surface area contributed by atoms with Crippen LogP contribution in [-0.4, -0.2) is 50.8 Å². The highest BCUT2D eigenvalue weighted by Gasteiger charge is 2.36. The Balaban J connectivity index is 1.52. The third-order valence-corrected chi connectivity index (χ3v) is 4.35. The molecule has 0 aliphatic carbocycles. The van der Waals surface area contributed by atoms with Gasteiger partial charge >= 0.3 is 0 Å². The predicted molar refractivity (Wildman–Crippen MR) is 90.6 cm³/mol. The Bertz CT molecular complexity index is 687. The Morgan fingerprint density at radius 1 is 1.38 bits per heavy atom. The number of nitrogens with one attached hydrogen (secondary N) is 1. The van der Waals surface area contributed by atoms with Gasteiger partial charge in [-0.1, -0.05) is 13.0 Å². The molecule has 1 atom stereocenters. The van der Waals surface area contributed by atoms with Crippen LogP contribution in [0.5, 0.6) is 0 Å². The number of β-amino-alcohol motifs (C(OH)–C–C–N with tert-alkyl or cyclic N) is 1. The predicted octanol–water partition coefficient (Wildman–Crippen LogP) is 0.598. The Morgan fingerprint density at radius 2 is 2.25 bits per heavy atom. The van der Waals surface area contributed by atoms with Crippen molar-refractivity contribution >= 4 is 11.7 Å². The molecule has 0 spiro atoms. The molecule has 0 saturated carbocycles. The van der Waals surface area contributed by atoms with Gasteiger partial charge < -0.3 is 19.9 Å². The Kier molecular flexibility index (Phi) is 4.80. The average Bonchev–Trinajstić information content (AvgIpc) is 3.21. The van der Waals surface area contributed by atoms with Crippen molar-refractivity contribution in [3.05, 3.63) is 42.6 Å². The monoisotopic (exact) mass is 329 g/mol. The zero-order valence-corrected chi connectivity index (χ0v) is 13.9. The molecule has 2 N–H and O–H groups in total. The minimum Gasteiger partial charge on any atom is -0.386 e. The number of rotatable bonds is 6. The van der Waals surface area contributed by atoms with Gasteiger partial charge in [0.25, 0.3) is 0 Å². The highest BCUT2D eigenvalue weighted by Crippen LogP contribution is 2.24. The summed E-state index contributed by atoms with van der Waals surface area (Å²) in [6.45, 7) is 3.67. The minimum absolute atomic E-state index is 0.118. The van der Waals surface area contributed by atoms with Crippen molar-refractivity contribution < 1.29 is 9.90 Å². The van der Waals surface area contributed by atoms with Gasteiger partial charge in [0.15, 0.2) is 0 Å². The number of pyridine rings is 1. The Labute approximate surface area is 141 Å². The second-order valence-electron chi connectivity index (χ2n) is 6.19. The SMILES string of the molecule is CCc1nccn1CC(=O)NCC1(O)CCN(c2ccccn2)C1. The van der Waals surface area contributed by atoms with Crippen LogP contribution in [0.3, 0.4) is 0 Å². The molecule has 24 heavy (non-hydrogen) atoms. The Morgan fingerprint density at radius 3 is 3.00 bits per heavy atom. The molecular weight excluding hydrogens is 306 g/mol. The van der Waals surface area contributed by atoms with Crippen LogP contribution >= 0.6 is 0 Å². The van der Waals surface area contributed by atoms with Gasteiger partial charge in [-0.05, 0) is 18.6 Å². The molecule has 1 unspecified atom stereocenters. The summed E-state index contributed by atoms with van der Waals surface area (Å²) in [5.41, 5.74) is -0.921. The first-order chi connectivity index (χ1) is 11.6. The minimum atomic E-state index is -0.921. The van der Waals surface area contributed by atoms with E-state index >= 15 is 0 Å². The lowest BCUT2D eigenvalue weighted by atomic mass is 10.0. The fraction of sp³-hybridized carbons (Fsp3) is 0.471. The van der Waals surface area contributed by atoms with Crippen LogP contribution < -0.4 is 10.2 Å². The quantitative estimate of drug-likeness (QED) is 0.811. The van der Waals surface area contributed by atoms with E-state index in [0.717, 1.165) is 24.6 Å². The molecule has 1 saturated heterocycles. The molecule has 1 fully saturated rings. The summed E-state index contributed by atoms with van der Waals surface area (Å²) in [6.07, 6.45) is 6.62. The lowest BCUT2D eigenvalue weighted by molar-refractivity contribution is -0.122. The molecule has 1 aliphatic rings. The first-order valence-corrected chi connectivity index (χ1v) is 8.25. The van der Waals surface area contributed by atoms with E-state index in [1.807, 2.05) is 34.6 Å². The highest BCUT2D eigenvalue weighted by molar-refractivity contribution is 5.75. The molecular formula is C17H23N5O2. The maximum absolute atomic E-state index is 12.1. The smallest absolute Gasteiger partial charge is 0.240 e. The molecule has 2 aromatic heterocycles. The number of imidazole rings is 1. The van der Waals surface area contributed by atoms with Crippen molar-refractivity contribution in [2.75, 3.05) is 24.5 Å². The van der Waals surface area contributed by atoms with Crippen LogP contribution in [0.15, 0.2) is 36.8 Å². The number of carbonyl (C=O) groups excluding carboxylic acids is 1. The van der Waals surface area contributed by atoms with Crippen molar-refractivity contribution in [3.63, 3.8) is 0 Å². The summed E-state index contributed by atoms with van der Waals surface area (Å²) < 4.78 is 1.83. The molecule has 0 bridgehead atoms. The number of aryl methyl sites for hydroxylation is 1. The second-order valence-corrected chi connectivity index (χ2v) is 6.19. The summed E-state index contributed by atoms with van der Waals surface area (Å²) in [4.78, 5) is 22.7. The standard InChI is InChI=1S/C17H23N5O2/c1-2-14-19-8-10-21(14)11-16(23)20-12-17(24)6-9-22(13-17)15-5-3-4-7-18-15/h3-5,7-8,10,24H,2,6,9,11-13H2,1H3,(H,20,23). The fourth-order valence-corrected chi connectivity index (χ4v) is 3.01. The first kappa shape index (κ1) is 16.4. The Hall–Kier alpha value is -2.41. The maximum atomic E-state index is 12.1. The summed E-state index contributed by atoms with van der Waals surface area (Å²) in [7, 11) is 0. The van der Waals surface area contributed by atoms with Crippen LogP contribution in [0.1, 0.15) is 19.2 Å². The van der Waals surface area contributed by atoms with Crippen LogP contribution in [0.25, 0.3) is 0 Å². The molecule has 0 aromatic carbocycles. The second kappa shape index (κ2) is 7.00. The average molecular weight is 329 g/mol. The van der Waals surface area contributed by atoms with Gasteiger partial charge in [-0.25, -0.2) is 9.97 Å². The van der Waals surface area contributed by atoms with Crippen molar-refractivity contribution in [3.8, 4) is 0 Å². The maximum Gasteiger partial charge on any atom is 0.240 e. The number of anilines is 1. The molecule has 3 rings (SSSR count). The zero-order valence-electron chi connectivity index (χ0n) is 13.9. The number of hydrogen-bond donors (Lipinski definition) is 2. The molecule has 7 nitrogen and oxygen atoms in total. The van der Waals surface area contributed by atoms with Gasteiger partial charge in [0, 0.05) is 44.6 Å². The van der Waals surface area contributed by atoms with E-state index in [9.17, 15) is 9.90 Å². The molecule has 1 aliphatic heterocycles. The van der Waals surface area contributed by atoms with Gasteiger partial charge in [-0.15, -0.1) is 0 Å². The number of carbonyl (C=O) groups is 1. The topological polar surface area (TPSA) is 83.3 Å². The van der Waals surface area contributed by atoms with Crippen LogP contribution in [-0.2, 0) is 17.8 Å². The van der Waals surface area contributed by atoms with Crippen molar-refractivity contribution in [2.45, 2.75) is 31.9 Å². The lowest BCUT2D eigenvalue weighted by Gasteiger charge is -2.24. The summed E-state index contributed by atoms with van der Waals surface area (Å²) in [6, 6.07) is 5.72. The molecule has 1 amide bonds. The van der Waals surface area contributed by atoms with Gasteiger partial charge in [0.2, 0.25) is 5.91 Å². The van der Waals surface area contributed by atoms with E-state index in [-0.39, 0.29) is 19.0 Å². The van der Waals surface area contributed by atoms with Crippen molar-refractivity contribution in [1.29, 1.82) is 0 Å². The van der Waals surface area contributed by atoms with Crippen LogP contribution in [0.2, 0.25) is 0 Å². The summed E-state index contributed by atoms with van der Waals surface area (Å²) in [5.74, 6) is 1.62. The van der Waals surface area contributed by atoms with Crippen LogP contribution in [0, 0.1) is 0 Å². The number of aromatic nitrogens is 3. The molecule has 7 heteroatoms. The van der Waals surface area contributed by atoms with Crippen molar-refractivity contribution in [2.24, 2.45) is 0 Å². The summed E-state index contributed by atoms with van der Waals surface area (Å²) in [5, 5.41) is 13.5. The van der Waals surface area contributed by atoms with E-state index in [4.69, 9.17) is 0 Å². The summed E-state index contributed by atoms with van der Waals surface area (Å²) >= 11 is 0. The molecule has 3 heterocycles. The normalized spacial score (nSPS) is 20.3. The largest absolute Gasteiger partial charge is 0.386 e. The van der Waals surface area contributed by atoms with Gasteiger partial charge in [-0.2, -0.15) is 0 Å². The fourth-order valence-electron chi connectivity index (χ4n) is 3.01. The number of hydrogen-bond acceptors (Lipinski definition) is 5. The first-order valence-electron chi connectivity index (χ1n) is 8.25. The van der Waals surface area contributed by atoms with E-state index in [1.54, 1.807) is 18.6 Å². The van der Waals surface area contributed by atoms with E-state index in [2.05, 4.69) is 15.3 Å². The number of aliphatic hydroxyl groups is 1. The lowest BCUT2D eigenvalue weighted by Crippen LogP contribution is -2.45. The third-order valence-electron chi connectivity index (χ3n) is 4.35. The van der Waals surface area contributed by atoms with E-state index in [0.29, 0.717) is 13.0 Å². The molecule has 2 aromatic rings. The molecule has 0 radical (unpaired) electrons.